The number of rotatable bonds is 2. The molecule has 130 valence electrons. The Morgan fingerprint density at radius 3 is 2.68 bits per heavy atom. The number of hydrogen-bond acceptors (Lipinski definition) is 3. The first-order valence-corrected chi connectivity index (χ1v) is 8.76. The highest BCUT2D eigenvalue weighted by Gasteiger charge is 2.47. The average molecular weight is 338 g/mol. The van der Waals surface area contributed by atoms with Crippen LogP contribution in [0.25, 0.3) is 0 Å². The maximum atomic E-state index is 12.7. The number of nitrogens with zero attached hydrogens (tertiary/aromatic N) is 3. The maximum Gasteiger partial charge on any atom is 0.289 e. The van der Waals surface area contributed by atoms with Crippen molar-refractivity contribution in [2.45, 2.75) is 25.3 Å². The minimum Gasteiger partial charge on any atom is -0.341 e. The van der Waals surface area contributed by atoms with Gasteiger partial charge >= 0.3 is 0 Å². The number of nitrogens with one attached hydrogen (secondary N) is 1. The van der Waals surface area contributed by atoms with Gasteiger partial charge < -0.3 is 14.8 Å². The van der Waals surface area contributed by atoms with Crippen molar-refractivity contribution in [1.82, 2.24) is 19.8 Å². The number of aromatic nitrogens is 2. The van der Waals surface area contributed by atoms with Gasteiger partial charge in [-0.1, -0.05) is 30.3 Å². The second-order valence-electron chi connectivity index (χ2n) is 6.90. The molecule has 0 spiro atoms. The molecule has 0 radical (unpaired) electrons. The van der Waals surface area contributed by atoms with E-state index in [0.29, 0.717) is 18.9 Å². The topological polar surface area (TPSA) is 69.3 Å². The molecule has 0 bridgehead atoms. The molecular weight excluding hydrogens is 316 g/mol. The highest BCUT2D eigenvalue weighted by Crippen LogP contribution is 2.41. The van der Waals surface area contributed by atoms with E-state index in [1.165, 1.54) is 5.56 Å². The zero-order valence-electron chi connectivity index (χ0n) is 14.3. The fourth-order valence-corrected chi connectivity index (χ4v) is 4.37. The van der Waals surface area contributed by atoms with Gasteiger partial charge in [-0.3, -0.25) is 9.59 Å². The van der Waals surface area contributed by atoms with Crippen LogP contribution in [0.4, 0.5) is 0 Å². The zero-order chi connectivity index (χ0) is 17.4. The van der Waals surface area contributed by atoms with Crippen LogP contribution in [-0.2, 0) is 4.79 Å². The van der Waals surface area contributed by atoms with Gasteiger partial charge in [-0.2, -0.15) is 0 Å². The standard InChI is InChI=1S/C19H22N4O2/c1-13(24)23-12-15(14-5-3-2-4-6-14)16-11-22(10-7-17(16)23)19(25)18-20-8-9-21-18/h2-6,8-9,15-17H,7,10-12H2,1H3,(H,20,21)/t15-,16-,17-/m1/s1. The lowest BCUT2D eigenvalue weighted by Crippen LogP contribution is -2.49. The van der Waals surface area contributed by atoms with Crippen LogP contribution in [0.1, 0.15) is 35.4 Å². The summed E-state index contributed by atoms with van der Waals surface area (Å²) in [4.78, 5) is 35.6. The molecule has 4 rings (SSSR count). The van der Waals surface area contributed by atoms with E-state index in [9.17, 15) is 9.59 Å². The smallest absolute Gasteiger partial charge is 0.289 e. The van der Waals surface area contributed by atoms with Crippen molar-refractivity contribution in [2.24, 2.45) is 5.92 Å². The highest BCUT2D eigenvalue weighted by atomic mass is 16.2. The van der Waals surface area contributed by atoms with Crippen LogP contribution in [-0.4, -0.2) is 57.3 Å². The number of amides is 2. The molecule has 1 N–H and O–H groups in total. The third-order valence-electron chi connectivity index (χ3n) is 5.55. The molecule has 0 saturated carbocycles. The van der Waals surface area contributed by atoms with Crippen molar-refractivity contribution in [1.29, 1.82) is 0 Å². The third-order valence-corrected chi connectivity index (χ3v) is 5.55. The Bertz CT molecular complexity index is 759. The molecular formula is C19H22N4O2. The van der Waals surface area contributed by atoms with Gasteiger partial charge in [-0.15, -0.1) is 0 Å². The van der Waals surface area contributed by atoms with Gasteiger partial charge in [0.1, 0.15) is 0 Å². The van der Waals surface area contributed by atoms with Crippen molar-refractivity contribution in [2.75, 3.05) is 19.6 Å². The van der Waals surface area contributed by atoms with E-state index in [1.807, 2.05) is 28.0 Å². The van der Waals surface area contributed by atoms with E-state index in [1.54, 1.807) is 19.3 Å². The quantitative estimate of drug-likeness (QED) is 0.909. The maximum absolute atomic E-state index is 12.7. The van der Waals surface area contributed by atoms with Gasteiger partial charge in [-0.05, 0) is 12.0 Å². The number of carbonyl (C=O) groups excluding carboxylic acids is 2. The van der Waals surface area contributed by atoms with Crippen LogP contribution < -0.4 is 0 Å². The lowest BCUT2D eigenvalue weighted by Gasteiger charge is -2.38. The van der Waals surface area contributed by atoms with Crippen LogP contribution in [0.5, 0.6) is 0 Å². The highest BCUT2D eigenvalue weighted by molar-refractivity contribution is 5.90. The minimum absolute atomic E-state index is 0.0588. The third kappa shape index (κ3) is 2.81. The Morgan fingerprint density at radius 1 is 1.20 bits per heavy atom. The number of imidazole rings is 1. The van der Waals surface area contributed by atoms with Gasteiger partial charge in [0.2, 0.25) is 5.91 Å². The molecule has 3 heterocycles. The first-order valence-electron chi connectivity index (χ1n) is 8.76. The number of carbonyl (C=O) groups is 2. The van der Waals surface area contributed by atoms with Crippen LogP contribution in [0.15, 0.2) is 42.7 Å². The Morgan fingerprint density at radius 2 is 2.00 bits per heavy atom. The fourth-order valence-electron chi connectivity index (χ4n) is 4.37. The summed E-state index contributed by atoms with van der Waals surface area (Å²) < 4.78 is 0. The molecule has 1 aromatic heterocycles. The summed E-state index contributed by atoms with van der Waals surface area (Å²) in [7, 11) is 0. The number of fused-ring (bicyclic) bond motifs is 1. The average Bonchev–Trinajstić information content (AvgIpc) is 3.29. The van der Waals surface area contributed by atoms with Gasteiger partial charge in [0.15, 0.2) is 5.82 Å². The molecule has 2 aliphatic rings. The molecule has 2 aliphatic heterocycles. The first-order chi connectivity index (χ1) is 12.1. The summed E-state index contributed by atoms with van der Waals surface area (Å²) in [6.07, 6.45) is 4.08. The number of aromatic amines is 1. The summed E-state index contributed by atoms with van der Waals surface area (Å²) >= 11 is 0. The minimum atomic E-state index is -0.0588. The van der Waals surface area contributed by atoms with Gasteiger partial charge in [-0.25, -0.2) is 4.98 Å². The summed E-state index contributed by atoms with van der Waals surface area (Å²) in [6, 6.07) is 10.5. The number of benzene rings is 1. The van der Waals surface area contributed by atoms with E-state index in [0.717, 1.165) is 13.0 Å². The van der Waals surface area contributed by atoms with Crippen molar-refractivity contribution in [3.63, 3.8) is 0 Å². The second kappa shape index (κ2) is 6.35. The molecule has 25 heavy (non-hydrogen) atoms. The normalized spacial score (nSPS) is 25.7. The van der Waals surface area contributed by atoms with Crippen LogP contribution >= 0.6 is 0 Å². The fraction of sp³-hybridized carbons (Fsp3) is 0.421. The van der Waals surface area contributed by atoms with Crippen molar-refractivity contribution in [3.05, 3.63) is 54.1 Å². The van der Waals surface area contributed by atoms with E-state index in [-0.39, 0.29) is 29.7 Å². The summed E-state index contributed by atoms with van der Waals surface area (Å²) in [5.74, 6) is 0.980. The van der Waals surface area contributed by atoms with Crippen molar-refractivity contribution >= 4 is 11.8 Å². The number of hydrogen-bond donors (Lipinski definition) is 1. The van der Waals surface area contributed by atoms with Gasteiger partial charge in [0, 0.05) is 56.8 Å². The van der Waals surface area contributed by atoms with Crippen LogP contribution in [0, 0.1) is 5.92 Å². The molecule has 0 unspecified atom stereocenters. The molecule has 0 aliphatic carbocycles. The molecule has 2 aromatic rings. The van der Waals surface area contributed by atoms with Crippen LogP contribution in [0.3, 0.4) is 0 Å². The molecule has 6 heteroatoms. The largest absolute Gasteiger partial charge is 0.341 e. The first kappa shape index (κ1) is 15.9. The number of H-pyrrole nitrogens is 1. The predicted molar refractivity (Wildman–Crippen MR) is 93.0 cm³/mol. The van der Waals surface area contributed by atoms with E-state index < -0.39 is 0 Å². The molecule has 2 amide bonds. The number of likely N-dealkylation sites (tertiary alicyclic amines) is 2. The van der Waals surface area contributed by atoms with Crippen molar-refractivity contribution < 1.29 is 9.59 Å². The predicted octanol–water partition coefficient (Wildman–Crippen LogP) is 1.89. The van der Waals surface area contributed by atoms with E-state index >= 15 is 0 Å². The van der Waals surface area contributed by atoms with Crippen molar-refractivity contribution in [3.8, 4) is 0 Å². The lowest BCUT2D eigenvalue weighted by atomic mass is 9.82. The molecule has 2 saturated heterocycles. The SMILES string of the molecule is CC(=O)N1C[C@H](c2ccccc2)[C@H]2CN(C(=O)c3ncc[nH]3)CC[C@H]21. The van der Waals surface area contributed by atoms with Gasteiger partial charge in [0.25, 0.3) is 5.91 Å². The Hall–Kier alpha value is -2.63. The summed E-state index contributed by atoms with van der Waals surface area (Å²) in [5.41, 5.74) is 1.24. The zero-order valence-corrected chi connectivity index (χ0v) is 14.3. The number of piperidine rings is 1. The Balaban J connectivity index is 1.60. The molecule has 1 aromatic carbocycles. The van der Waals surface area contributed by atoms with E-state index in [2.05, 4.69) is 22.1 Å². The molecule has 2 fully saturated rings. The molecule has 3 atom stereocenters. The van der Waals surface area contributed by atoms with E-state index in [4.69, 9.17) is 0 Å². The second-order valence-corrected chi connectivity index (χ2v) is 6.90. The summed E-state index contributed by atoms with van der Waals surface area (Å²) in [5, 5.41) is 0. The Kier molecular flexibility index (Phi) is 4.03. The lowest BCUT2D eigenvalue weighted by molar-refractivity contribution is -0.130. The van der Waals surface area contributed by atoms with Gasteiger partial charge in [0.05, 0.1) is 0 Å². The summed E-state index contributed by atoms with van der Waals surface area (Å²) in [6.45, 7) is 3.70. The Labute approximate surface area is 146 Å². The monoisotopic (exact) mass is 338 g/mol. The van der Waals surface area contributed by atoms with Crippen LogP contribution in [0.2, 0.25) is 0 Å². The molecule has 6 nitrogen and oxygen atoms in total.